The summed E-state index contributed by atoms with van der Waals surface area (Å²) in [5.41, 5.74) is 6.20. The van der Waals surface area contributed by atoms with E-state index in [4.69, 9.17) is 10.5 Å². The number of rotatable bonds is 6. The maximum atomic E-state index is 9.52. The molecule has 0 unspecified atom stereocenters. The van der Waals surface area contributed by atoms with E-state index in [2.05, 4.69) is 18.7 Å². The maximum absolute atomic E-state index is 9.52. The van der Waals surface area contributed by atoms with Gasteiger partial charge in [0.25, 0.3) is 0 Å². The highest BCUT2D eigenvalue weighted by atomic mass is 16.5. The minimum atomic E-state index is 0.133. The molecule has 0 aliphatic heterocycles. The fraction of sp³-hybridized carbons (Fsp3) is 0.500. The molecule has 0 bridgehead atoms. The van der Waals surface area contributed by atoms with Crippen LogP contribution in [-0.2, 0) is 0 Å². The topological polar surface area (TPSA) is 58.7 Å². The van der Waals surface area contributed by atoms with Crippen LogP contribution in [-0.4, -0.2) is 36.2 Å². The lowest BCUT2D eigenvalue weighted by molar-refractivity contribution is 0.218. The van der Waals surface area contributed by atoms with E-state index in [0.717, 1.165) is 19.6 Å². The normalized spacial score (nSPS) is 10.7. The van der Waals surface area contributed by atoms with Crippen molar-refractivity contribution < 1.29 is 9.84 Å². The second-order valence-electron chi connectivity index (χ2n) is 3.60. The van der Waals surface area contributed by atoms with Crippen molar-refractivity contribution in [1.82, 2.24) is 4.90 Å². The van der Waals surface area contributed by atoms with E-state index in [1.807, 2.05) is 0 Å². The second-order valence-corrected chi connectivity index (χ2v) is 3.60. The Morgan fingerprint density at radius 2 is 2.00 bits per heavy atom. The fourth-order valence-corrected chi connectivity index (χ4v) is 1.47. The molecular weight excluding hydrogens is 204 g/mol. The molecule has 0 aromatic heterocycles. The molecular formula is C12H20N2O2. The number of phenolic OH excluding ortho intramolecular Hbond substituents is 1. The third-order valence-corrected chi connectivity index (χ3v) is 2.54. The molecule has 90 valence electrons. The highest BCUT2D eigenvalue weighted by Crippen LogP contribution is 2.27. The molecule has 4 heteroatoms. The van der Waals surface area contributed by atoms with Crippen molar-refractivity contribution in [3.8, 4) is 11.5 Å². The minimum absolute atomic E-state index is 0.133. The lowest BCUT2D eigenvalue weighted by Crippen LogP contribution is -2.27. The molecule has 1 aromatic rings. The summed E-state index contributed by atoms with van der Waals surface area (Å²) in [7, 11) is 0. The zero-order chi connectivity index (χ0) is 12.0. The Hall–Kier alpha value is -1.42. The van der Waals surface area contributed by atoms with Gasteiger partial charge < -0.3 is 20.5 Å². The van der Waals surface area contributed by atoms with E-state index >= 15 is 0 Å². The first-order valence-corrected chi connectivity index (χ1v) is 5.61. The average Bonchev–Trinajstić information content (AvgIpc) is 2.29. The summed E-state index contributed by atoms with van der Waals surface area (Å²) in [4.78, 5) is 2.25. The van der Waals surface area contributed by atoms with Gasteiger partial charge in [0.2, 0.25) is 0 Å². The van der Waals surface area contributed by atoms with Crippen LogP contribution in [0.25, 0.3) is 0 Å². The summed E-state index contributed by atoms with van der Waals surface area (Å²) in [6.45, 7) is 7.63. The molecule has 1 rings (SSSR count). The van der Waals surface area contributed by atoms with Crippen molar-refractivity contribution in [2.45, 2.75) is 13.8 Å². The number of likely N-dealkylation sites (N-methyl/N-ethyl adjacent to an activating group) is 1. The zero-order valence-corrected chi connectivity index (χ0v) is 9.94. The number of phenols is 1. The molecule has 0 saturated carbocycles. The first-order chi connectivity index (χ1) is 7.67. The van der Waals surface area contributed by atoms with Gasteiger partial charge in [-0.05, 0) is 25.2 Å². The van der Waals surface area contributed by atoms with Gasteiger partial charge in [-0.2, -0.15) is 0 Å². The molecule has 4 nitrogen and oxygen atoms in total. The lowest BCUT2D eigenvalue weighted by Gasteiger charge is -2.18. The van der Waals surface area contributed by atoms with Crippen molar-refractivity contribution in [1.29, 1.82) is 0 Å². The van der Waals surface area contributed by atoms with Crippen LogP contribution in [0.15, 0.2) is 18.2 Å². The Bertz CT molecular complexity index is 325. The zero-order valence-electron chi connectivity index (χ0n) is 9.94. The number of aromatic hydroxyl groups is 1. The predicted molar refractivity (Wildman–Crippen MR) is 65.8 cm³/mol. The molecule has 0 spiro atoms. The van der Waals surface area contributed by atoms with Crippen LogP contribution < -0.4 is 10.5 Å². The predicted octanol–water partition coefficient (Wildman–Crippen LogP) is 1.69. The number of ether oxygens (including phenoxy) is 1. The van der Waals surface area contributed by atoms with E-state index < -0.39 is 0 Å². The van der Waals surface area contributed by atoms with Crippen LogP contribution in [0.3, 0.4) is 0 Å². The Labute approximate surface area is 96.6 Å². The molecule has 0 radical (unpaired) electrons. The third-order valence-electron chi connectivity index (χ3n) is 2.54. The summed E-state index contributed by atoms with van der Waals surface area (Å²) in [6, 6.07) is 4.83. The summed E-state index contributed by atoms with van der Waals surface area (Å²) in [5, 5.41) is 9.52. The molecule has 3 N–H and O–H groups in total. The average molecular weight is 224 g/mol. The molecule has 0 aliphatic rings. The Morgan fingerprint density at radius 3 is 2.62 bits per heavy atom. The fourth-order valence-electron chi connectivity index (χ4n) is 1.47. The van der Waals surface area contributed by atoms with Gasteiger partial charge >= 0.3 is 0 Å². The van der Waals surface area contributed by atoms with Crippen LogP contribution in [0, 0.1) is 0 Å². The van der Waals surface area contributed by atoms with Crippen LogP contribution >= 0.6 is 0 Å². The molecule has 0 amide bonds. The molecule has 1 aromatic carbocycles. The van der Waals surface area contributed by atoms with Crippen molar-refractivity contribution in [2.24, 2.45) is 0 Å². The van der Waals surface area contributed by atoms with Gasteiger partial charge in [-0.25, -0.2) is 0 Å². The van der Waals surface area contributed by atoms with Gasteiger partial charge in [-0.3, -0.25) is 0 Å². The Balaban J connectivity index is 2.45. The van der Waals surface area contributed by atoms with E-state index in [1.165, 1.54) is 0 Å². The van der Waals surface area contributed by atoms with Crippen molar-refractivity contribution in [3.63, 3.8) is 0 Å². The van der Waals surface area contributed by atoms with Crippen LogP contribution in [0.5, 0.6) is 11.5 Å². The van der Waals surface area contributed by atoms with E-state index in [1.54, 1.807) is 18.2 Å². The summed E-state index contributed by atoms with van der Waals surface area (Å²) in [5.74, 6) is 0.584. The highest BCUT2D eigenvalue weighted by Gasteiger charge is 2.04. The standard InChI is InChI=1S/C12H20N2O2/c1-3-14(4-2)7-8-16-12-9-10(13)5-6-11(12)15/h5-6,9,15H,3-4,7-8,13H2,1-2H3. The van der Waals surface area contributed by atoms with Gasteiger partial charge in [0.1, 0.15) is 6.61 Å². The number of nitrogens with zero attached hydrogens (tertiary/aromatic N) is 1. The summed E-state index contributed by atoms with van der Waals surface area (Å²) >= 11 is 0. The highest BCUT2D eigenvalue weighted by molar-refractivity contribution is 5.51. The molecule has 0 heterocycles. The quantitative estimate of drug-likeness (QED) is 0.570. The first-order valence-electron chi connectivity index (χ1n) is 5.61. The Kier molecular flexibility index (Phi) is 4.92. The molecule has 0 aliphatic carbocycles. The van der Waals surface area contributed by atoms with E-state index in [9.17, 15) is 5.11 Å². The number of hydrogen-bond acceptors (Lipinski definition) is 4. The van der Waals surface area contributed by atoms with Crippen molar-refractivity contribution in [2.75, 3.05) is 32.0 Å². The molecule has 0 fully saturated rings. The second kappa shape index (κ2) is 6.23. The Morgan fingerprint density at radius 1 is 1.31 bits per heavy atom. The monoisotopic (exact) mass is 224 g/mol. The van der Waals surface area contributed by atoms with Crippen molar-refractivity contribution in [3.05, 3.63) is 18.2 Å². The van der Waals surface area contributed by atoms with Gasteiger partial charge in [0.05, 0.1) is 0 Å². The lowest BCUT2D eigenvalue weighted by atomic mass is 10.3. The van der Waals surface area contributed by atoms with Crippen LogP contribution in [0.2, 0.25) is 0 Å². The summed E-state index contributed by atoms with van der Waals surface area (Å²) < 4.78 is 5.48. The largest absolute Gasteiger partial charge is 0.504 e. The number of anilines is 1. The maximum Gasteiger partial charge on any atom is 0.163 e. The number of nitrogens with two attached hydrogens (primary N) is 1. The van der Waals surface area contributed by atoms with E-state index in [-0.39, 0.29) is 5.75 Å². The number of benzene rings is 1. The number of hydrogen-bond donors (Lipinski definition) is 2. The third kappa shape index (κ3) is 3.62. The van der Waals surface area contributed by atoms with Gasteiger partial charge in [-0.1, -0.05) is 13.8 Å². The van der Waals surface area contributed by atoms with Gasteiger partial charge in [-0.15, -0.1) is 0 Å². The first kappa shape index (κ1) is 12.6. The van der Waals surface area contributed by atoms with E-state index in [0.29, 0.717) is 18.0 Å². The number of nitrogen functional groups attached to an aromatic ring is 1. The SMILES string of the molecule is CCN(CC)CCOc1cc(N)ccc1O. The van der Waals surface area contributed by atoms with Crippen LogP contribution in [0.4, 0.5) is 5.69 Å². The summed E-state index contributed by atoms with van der Waals surface area (Å²) in [6.07, 6.45) is 0. The van der Waals surface area contributed by atoms with Gasteiger partial charge in [0, 0.05) is 18.3 Å². The minimum Gasteiger partial charge on any atom is -0.504 e. The van der Waals surface area contributed by atoms with Crippen LogP contribution in [0.1, 0.15) is 13.8 Å². The molecule has 16 heavy (non-hydrogen) atoms. The van der Waals surface area contributed by atoms with Crippen molar-refractivity contribution >= 4 is 5.69 Å². The molecule has 0 saturated heterocycles. The van der Waals surface area contributed by atoms with Gasteiger partial charge in [0.15, 0.2) is 11.5 Å². The smallest absolute Gasteiger partial charge is 0.163 e. The molecule has 0 atom stereocenters.